The Morgan fingerprint density at radius 3 is 2.52 bits per heavy atom. The van der Waals surface area contributed by atoms with Gasteiger partial charge in [-0.25, -0.2) is 9.97 Å². The van der Waals surface area contributed by atoms with E-state index in [4.69, 9.17) is 4.74 Å². The van der Waals surface area contributed by atoms with Gasteiger partial charge in [0.05, 0.1) is 37.0 Å². The summed E-state index contributed by atoms with van der Waals surface area (Å²) in [5.41, 5.74) is 1.81. The number of hydrogen-bond donors (Lipinski definition) is 0. The molecule has 1 saturated heterocycles. The zero-order valence-electron chi connectivity index (χ0n) is 13.3. The molecule has 23 heavy (non-hydrogen) atoms. The average molecular weight is 313 g/mol. The van der Waals surface area contributed by atoms with E-state index in [1.807, 2.05) is 19.1 Å². The second-order valence-corrected chi connectivity index (χ2v) is 5.38. The van der Waals surface area contributed by atoms with Crippen LogP contribution in [0, 0.1) is 6.92 Å². The van der Waals surface area contributed by atoms with Crippen molar-refractivity contribution in [1.82, 2.24) is 15.0 Å². The maximum Gasteiger partial charge on any atom is 0.278 e. The smallest absolute Gasteiger partial charge is 0.278 e. The highest BCUT2D eigenvalue weighted by Crippen LogP contribution is 2.18. The summed E-state index contributed by atoms with van der Waals surface area (Å²) in [6.07, 6.45) is 4.77. The molecule has 3 heterocycles. The summed E-state index contributed by atoms with van der Waals surface area (Å²) in [7, 11) is 1.70. The Labute approximate surface area is 134 Å². The normalized spacial score (nSPS) is 14.6. The van der Waals surface area contributed by atoms with Gasteiger partial charge in [0.1, 0.15) is 11.5 Å². The minimum atomic E-state index is -0.210. The molecule has 1 aliphatic rings. The van der Waals surface area contributed by atoms with E-state index >= 15 is 0 Å². The monoisotopic (exact) mass is 313 g/mol. The van der Waals surface area contributed by atoms with Gasteiger partial charge < -0.3 is 14.5 Å². The van der Waals surface area contributed by atoms with Crippen LogP contribution in [0.15, 0.2) is 30.7 Å². The van der Waals surface area contributed by atoms with Gasteiger partial charge in [-0.2, -0.15) is 0 Å². The highest BCUT2D eigenvalue weighted by molar-refractivity contribution is 6.04. The molecule has 0 saturated carbocycles. The van der Waals surface area contributed by atoms with Crippen molar-refractivity contribution in [3.05, 3.63) is 42.1 Å². The fraction of sp³-hybridized carbons (Fsp3) is 0.375. The van der Waals surface area contributed by atoms with E-state index in [0.717, 1.165) is 30.3 Å². The lowest BCUT2D eigenvalue weighted by Crippen LogP contribution is -2.36. The lowest BCUT2D eigenvalue weighted by molar-refractivity contribution is 0.0988. The van der Waals surface area contributed by atoms with Gasteiger partial charge in [-0.15, -0.1) is 0 Å². The SMILES string of the molecule is Cc1cnc(C(=O)N(C)c2ccc(N3CCOCC3)nc2)cn1. The number of aromatic nitrogens is 3. The number of amides is 1. The van der Waals surface area contributed by atoms with Crippen molar-refractivity contribution in [3.8, 4) is 0 Å². The summed E-state index contributed by atoms with van der Waals surface area (Å²) in [4.78, 5) is 28.8. The fourth-order valence-electron chi connectivity index (χ4n) is 2.35. The molecule has 0 atom stereocenters. The minimum Gasteiger partial charge on any atom is -0.378 e. The molecule has 0 radical (unpaired) electrons. The quantitative estimate of drug-likeness (QED) is 0.850. The van der Waals surface area contributed by atoms with E-state index in [2.05, 4.69) is 19.9 Å². The lowest BCUT2D eigenvalue weighted by Gasteiger charge is -2.28. The largest absolute Gasteiger partial charge is 0.378 e. The summed E-state index contributed by atoms with van der Waals surface area (Å²) < 4.78 is 5.34. The van der Waals surface area contributed by atoms with Crippen molar-refractivity contribution in [2.24, 2.45) is 0 Å². The van der Waals surface area contributed by atoms with Gasteiger partial charge in [0, 0.05) is 26.3 Å². The summed E-state index contributed by atoms with van der Waals surface area (Å²) in [6, 6.07) is 3.81. The molecular weight excluding hydrogens is 294 g/mol. The van der Waals surface area contributed by atoms with Crippen molar-refractivity contribution >= 4 is 17.4 Å². The summed E-state index contributed by atoms with van der Waals surface area (Å²) in [5, 5.41) is 0. The van der Waals surface area contributed by atoms with Crippen LogP contribution in [0.5, 0.6) is 0 Å². The van der Waals surface area contributed by atoms with Crippen LogP contribution in [-0.4, -0.2) is 54.2 Å². The van der Waals surface area contributed by atoms with Crippen LogP contribution in [0.3, 0.4) is 0 Å². The number of morpholine rings is 1. The maximum absolute atomic E-state index is 12.4. The maximum atomic E-state index is 12.4. The van der Waals surface area contributed by atoms with E-state index in [-0.39, 0.29) is 5.91 Å². The number of anilines is 2. The van der Waals surface area contributed by atoms with Crippen LogP contribution in [0.25, 0.3) is 0 Å². The number of hydrogen-bond acceptors (Lipinski definition) is 6. The van der Waals surface area contributed by atoms with E-state index in [9.17, 15) is 4.79 Å². The zero-order chi connectivity index (χ0) is 16.2. The van der Waals surface area contributed by atoms with E-state index in [1.54, 1.807) is 19.4 Å². The topological polar surface area (TPSA) is 71.5 Å². The molecule has 2 aromatic heterocycles. The molecular formula is C16H19N5O2. The first-order valence-electron chi connectivity index (χ1n) is 7.50. The van der Waals surface area contributed by atoms with Crippen LogP contribution in [-0.2, 0) is 4.74 Å². The van der Waals surface area contributed by atoms with Gasteiger partial charge in [0.25, 0.3) is 5.91 Å². The summed E-state index contributed by atoms with van der Waals surface area (Å²) in [5.74, 6) is 0.687. The first-order chi connectivity index (χ1) is 11.1. The third-order valence-electron chi connectivity index (χ3n) is 3.76. The van der Waals surface area contributed by atoms with E-state index in [0.29, 0.717) is 18.9 Å². The Bertz CT molecular complexity index is 666. The van der Waals surface area contributed by atoms with Crippen LogP contribution in [0.1, 0.15) is 16.2 Å². The summed E-state index contributed by atoms with van der Waals surface area (Å²) in [6.45, 7) is 4.93. The molecule has 120 valence electrons. The molecule has 0 unspecified atom stereocenters. The lowest BCUT2D eigenvalue weighted by atomic mass is 10.3. The second-order valence-electron chi connectivity index (χ2n) is 5.38. The molecule has 0 spiro atoms. The fourth-order valence-corrected chi connectivity index (χ4v) is 2.35. The first-order valence-corrected chi connectivity index (χ1v) is 7.50. The van der Waals surface area contributed by atoms with E-state index < -0.39 is 0 Å². The Kier molecular flexibility index (Phi) is 4.47. The highest BCUT2D eigenvalue weighted by atomic mass is 16.5. The van der Waals surface area contributed by atoms with Gasteiger partial charge in [-0.05, 0) is 19.1 Å². The molecule has 3 rings (SSSR count). The Morgan fingerprint density at radius 1 is 1.13 bits per heavy atom. The van der Waals surface area contributed by atoms with Gasteiger partial charge in [0.15, 0.2) is 0 Å². The van der Waals surface area contributed by atoms with Crippen LogP contribution in [0.2, 0.25) is 0 Å². The Balaban J connectivity index is 1.73. The standard InChI is InChI=1S/C16H19N5O2/c1-12-9-18-14(11-17-12)16(22)20(2)13-3-4-15(19-10-13)21-5-7-23-8-6-21/h3-4,9-11H,5-8H2,1-2H3. The average Bonchev–Trinajstić information content (AvgIpc) is 2.62. The molecule has 0 aliphatic carbocycles. The Hall–Kier alpha value is -2.54. The van der Waals surface area contributed by atoms with Gasteiger partial charge in [-0.1, -0.05) is 0 Å². The van der Waals surface area contributed by atoms with Gasteiger partial charge in [0.2, 0.25) is 0 Å². The predicted molar refractivity (Wildman–Crippen MR) is 86.8 cm³/mol. The number of pyridine rings is 1. The van der Waals surface area contributed by atoms with Crippen molar-refractivity contribution in [1.29, 1.82) is 0 Å². The van der Waals surface area contributed by atoms with Crippen molar-refractivity contribution in [2.45, 2.75) is 6.92 Å². The molecule has 7 heteroatoms. The van der Waals surface area contributed by atoms with Crippen LogP contribution < -0.4 is 9.80 Å². The number of nitrogens with zero attached hydrogens (tertiary/aromatic N) is 5. The molecule has 7 nitrogen and oxygen atoms in total. The zero-order valence-corrected chi connectivity index (χ0v) is 13.3. The molecule has 1 aliphatic heterocycles. The minimum absolute atomic E-state index is 0.210. The number of aryl methyl sites for hydroxylation is 1. The first kappa shape index (κ1) is 15.4. The number of rotatable bonds is 3. The second kappa shape index (κ2) is 6.70. The van der Waals surface area contributed by atoms with Crippen molar-refractivity contribution < 1.29 is 9.53 Å². The summed E-state index contributed by atoms with van der Waals surface area (Å²) >= 11 is 0. The molecule has 2 aromatic rings. The third-order valence-corrected chi connectivity index (χ3v) is 3.76. The number of ether oxygens (including phenoxy) is 1. The van der Waals surface area contributed by atoms with Crippen molar-refractivity contribution in [2.75, 3.05) is 43.2 Å². The molecule has 1 amide bonds. The van der Waals surface area contributed by atoms with E-state index in [1.165, 1.54) is 11.1 Å². The predicted octanol–water partition coefficient (Wildman–Crippen LogP) is 1.29. The van der Waals surface area contributed by atoms with Gasteiger partial charge >= 0.3 is 0 Å². The van der Waals surface area contributed by atoms with Crippen molar-refractivity contribution in [3.63, 3.8) is 0 Å². The van der Waals surface area contributed by atoms with Crippen LogP contribution >= 0.6 is 0 Å². The molecule has 1 fully saturated rings. The van der Waals surface area contributed by atoms with Crippen LogP contribution in [0.4, 0.5) is 11.5 Å². The number of carbonyl (C=O) groups is 1. The molecule has 0 aromatic carbocycles. The highest BCUT2D eigenvalue weighted by Gasteiger charge is 2.17. The number of carbonyl (C=O) groups excluding carboxylic acids is 1. The van der Waals surface area contributed by atoms with Gasteiger partial charge in [-0.3, -0.25) is 9.78 Å². The Morgan fingerprint density at radius 2 is 1.91 bits per heavy atom. The molecule has 0 N–H and O–H groups in total. The third kappa shape index (κ3) is 3.45. The molecule has 0 bridgehead atoms.